The van der Waals surface area contributed by atoms with Crippen LogP contribution < -0.4 is 4.74 Å². The topological polar surface area (TPSA) is 41.5 Å². The van der Waals surface area contributed by atoms with Crippen molar-refractivity contribution in [1.29, 1.82) is 0 Å². The van der Waals surface area contributed by atoms with Crippen molar-refractivity contribution in [3.05, 3.63) is 53.5 Å². The van der Waals surface area contributed by atoms with Gasteiger partial charge >= 0.3 is 6.18 Å². The molecule has 2 aromatic rings. The van der Waals surface area contributed by atoms with Crippen LogP contribution in [-0.2, 0) is 19.3 Å². The number of nitrogens with zero attached hydrogens (tertiary/aromatic N) is 4. The molecule has 27 heavy (non-hydrogen) atoms. The van der Waals surface area contributed by atoms with E-state index < -0.39 is 11.9 Å². The van der Waals surface area contributed by atoms with Gasteiger partial charge in [-0.25, -0.2) is 4.98 Å². The summed E-state index contributed by atoms with van der Waals surface area (Å²) in [5.41, 5.74) is 1.15. The normalized spacial score (nSPS) is 23.1. The van der Waals surface area contributed by atoms with Gasteiger partial charge in [-0.15, -0.1) is 0 Å². The van der Waals surface area contributed by atoms with Crippen molar-refractivity contribution >= 4 is 0 Å². The van der Waals surface area contributed by atoms with E-state index >= 15 is 0 Å². The molecule has 0 spiro atoms. The van der Waals surface area contributed by atoms with Crippen LogP contribution in [0, 0.1) is 0 Å². The number of alkyl halides is 3. The van der Waals surface area contributed by atoms with Gasteiger partial charge in [0, 0.05) is 56.7 Å². The largest absolute Gasteiger partial charge is 0.481 e. The zero-order valence-electron chi connectivity index (χ0n) is 15.0. The zero-order valence-corrected chi connectivity index (χ0v) is 15.0. The lowest BCUT2D eigenvalue weighted by atomic mass is 9.86. The van der Waals surface area contributed by atoms with Gasteiger partial charge in [0.05, 0.1) is 7.11 Å². The Labute approximate surface area is 155 Å². The van der Waals surface area contributed by atoms with Gasteiger partial charge < -0.3 is 4.74 Å². The van der Waals surface area contributed by atoms with Gasteiger partial charge in [-0.3, -0.25) is 14.8 Å². The maximum Gasteiger partial charge on any atom is 0.433 e. The third-order valence-electron chi connectivity index (χ3n) is 5.31. The van der Waals surface area contributed by atoms with Crippen molar-refractivity contribution in [2.24, 2.45) is 0 Å². The van der Waals surface area contributed by atoms with E-state index in [0.29, 0.717) is 24.5 Å². The van der Waals surface area contributed by atoms with E-state index in [0.717, 1.165) is 31.3 Å². The molecule has 0 saturated carbocycles. The third kappa shape index (κ3) is 3.91. The Kier molecular flexibility index (Phi) is 4.77. The Balaban J connectivity index is 1.33. The number of pyridine rings is 2. The van der Waals surface area contributed by atoms with E-state index in [-0.39, 0.29) is 0 Å². The Bertz CT molecular complexity index is 784. The summed E-state index contributed by atoms with van der Waals surface area (Å²) in [6.07, 6.45) is -0.122. The summed E-state index contributed by atoms with van der Waals surface area (Å²) in [5, 5.41) is 0. The lowest BCUT2D eigenvalue weighted by Crippen LogP contribution is -2.67. The van der Waals surface area contributed by atoms with E-state index in [9.17, 15) is 13.2 Å². The SMILES string of the molecule is COc1cc(CN2C3CC2CN(Cc2ccc(C(F)(F)F)nc2)C3)ccn1. The van der Waals surface area contributed by atoms with E-state index in [4.69, 9.17) is 4.74 Å². The minimum atomic E-state index is -4.39. The van der Waals surface area contributed by atoms with Gasteiger partial charge in [-0.2, -0.15) is 13.2 Å². The zero-order chi connectivity index (χ0) is 19.0. The van der Waals surface area contributed by atoms with Crippen LogP contribution in [0.1, 0.15) is 23.2 Å². The molecule has 5 heterocycles. The van der Waals surface area contributed by atoms with Crippen molar-refractivity contribution in [3.63, 3.8) is 0 Å². The molecule has 2 unspecified atom stereocenters. The number of piperazine rings is 1. The summed E-state index contributed by atoms with van der Waals surface area (Å²) in [5.74, 6) is 0.620. The number of aromatic nitrogens is 2. The second-order valence-corrected chi connectivity index (χ2v) is 7.17. The number of hydrogen-bond donors (Lipinski definition) is 0. The van der Waals surface area contributed by atoms with Gasteiger partial charge in [-0.1, -0.05) is 6.07 Å². The smallest absolute Gasteiger partial charge is 0.433 e. The molecule has 2 aromatic heterocycles. The van der Waals surface area contributed by atoms with Crippen molar-refractivity contribution in [2.45, 2.75) is 37.8 Å². The lowest BCUT2D eigenvalue weighted by molar-refractivity contribution is -0.141. The average Bonchev–Trinajstić information content (AvgIpc) is 2.66. The molecule has 0 N–H and O–H groups in total. The molecule has 0 aromatic carbocycles. The first-order chi connectivity index (χ1) is 12.9. The van der Waals surface area contributed by atoms with Crippen molar-refractivity contribution in [3.8, 4) is 5.88 Å². The van der Waals surface area contributed by atoms with Crippen LogP contribution in [0.15, 0.2) is 36.7 Å². The molecule has 2 atom stereocenters. The number of halogens is 3. The molecule has 0 amide bonds. The number of ether oxygens (including phenoxy) is 1. The van der Waals surface area contributed by atoms with E-state index in [1.54, 1.807) is 13.3 Å². The van der Waals surface area contributed by atoms with E-state index in [1.165, 1.54) is 24.2 Å². The van der Waals surface area contributed by atoms with Crippen molar-refractivity contribution in [2.75, 3.05) is 20.2 Å². The van der Waals surface area contributed by atoms with Crippen LogP contribution in [0.2, 0.25) is 0 Å². The molecule has 144 valence electrons. The third-order valence-corrected chi connectivity index (χ3v) is 5.31. The molecule has 2 bridgehead atoms. The first-order valence-corrected chi connectivity index (χ1v) is 8.91. The second-order valence-electron chi connectivity index (χ2n) is 7.17. The standard InChI is InChI=1S/C19H21F3N4O/c1-27-18-6-13(4-5-23-18)10-26-15-7-16(26)12-25(11-15)9-14-2-3-17(24-8-14)19(20,21)22/h2-6,8,15-16H,7,9-12H2,1H3. The van der Waals surface area contributed by atoms with Crippen molar-refractivity contribution < 1.29 is 17.9 Å². The summed E-state index contributed by atoms with van der Waals surface area (Å²) in [6, 6.07) is 7.50. The molecule has 0 radical (unpaired) electrons. The Morgan fingerprint density at radius 3 is 2.48 bits per heavy atom. The molecule has 5 rings (SSSR count). The van der Waals surface area contributed by atoms with Crippen LogP contribution in [0.4, 0.5) is 13.2 Å². The fraction of sp³-hybridized carbons (Fsp3) is 0.474. The molecule has 3 aliphatic rings. The number of fused-ring (bicyclic) bond motifs is 2. The summed E-state index contributed by atoms with van der Waals surface area (Å²) >= 11 is 0. The van der Waals surface area contributed by atoms with Gasteiger partial charge in [0.1, 0.15) is 5.69 Å². The van der Waals surface area contributed by atoms with Gasteiger partial charge in [0.2, 0.25) is 5.88 Å². The predicted molar refractivity (Wildman–Crippen MR) is 93.0 cm³/mol. The Morgan fingerprint density at radius 2 is 1.85 bits per heavy atom. The highest BCUT2D eigenvalue weighted by Crippen LogP contribution is 2.34. The molecule has 3 saturated heterocycles. The summed E-state index contributed by atoms with van der Waals surface area (Å²) in [4.78, 5) is 12.5. The first kappa shape index (κ1) is 18.2. The molecule has 0 aliphatic carbocycles. The first-order valence-electron chi connectivity index (χ1n) is 8.91. The fourth-order valence-corrected chi connectivity index (χ4v) is 3.98. The van der Waals surface area contributed by atoms with Crippen LogP contribution in [0.25, 0.3) is 0 Å². The average molecular weight is 378 g/mol. The highest BCUT2D eigenvalue weighted by molar-refractivity contribution is 5.22. The van der Waals surface area contributed by atoms with Crippen LogP contribution in [-0.4, -0.2) is 52.1 Å². The van der Waals surface area contributed by atoms with Gasteiger partial charge in [-0.05, 0) is 29.7 Å². The second kappa shape index (κ2) is 7.09. The lowest BCUT2D eigenvalue weighted by Gasteiger charge is -2.56. The molecule has 3 aliphatic heterocycles. The van der Waals surface area contributed by atoms with Gasteiger partial charge in [0.25, 0.3) is 0 Å². The summed E-state index contributed by atoms with van der Waals surface area (Å²) in [6.45, 7) is 3.33. The Hall–Kier alpha value is -2.19. The monoisotopic (exact) mass is 378 g/mol. The fourth-order valence-electron chi connectivity index (χ4n) is 3.98. The number of piperidine rings is 1. The minimum Gasteiger partial charge on any atom is -0.481 e. The number of hydrogen-bond acceptors (Lipinski definition) is 5. The van der Waals surface area contributed by atoms with E-state index in [1.807, 2.05) is 12.1 Å². The van der Waals surface area contributed by atoms with Crippen LogP contribution in [0.5, 0.6) is 5.88 Å². The van der Waals surface area contributed by atoms with Crippen molar-refractivity contribution in [1.82, 2.24) is 19.8 Å². The maximum atomic E-state index is 12.6. The highest BCUT2D eigenvalue weighted by atomic mass is 19.4. The predicted octanol–water partition coefficient (Wildman–Crippen LogP) is 2.96. The maximum absolute atomic E-state index is 12.6. The molecule has 8 heteroatoms. The van der Waals surface area contributed by atoms with Crippen LogP contribution >= 0.6 is 0 Å². The van der Waals surface area contributed by atoms with Gasteiger partial charge in [0.15, 0.2) is 0 Å². The molecular weight excluding hydrogens is 357 g/mol. The highest BCUT2D eigenvalue weighted by Gasteiger charge is 2.44. The molecule has 5 nitrogen and oxygen atoms in total. The number of rotatable bonds is 5. The van der Waals surface area contributed by atoms with E-state index in [2.05, 4.69) is 19.8 Å². The minimum absolute atomic E-state index is 0.477. The number of methoxy groups -OCH3 is 1. The Morgan fingerprint density at radius 1 is 1.07 bits per heavy atom. The van der Waals surface area contributed by atoms with Crippen LogP contribution in [0.3, 0.4) is 0 Å². The molecule has 3 fully saturated rings. The summed E-state index contributed by atoms with van der Waals surface area (Å²) in [7, 11) is 1.61. The molecular formula is C19H21F3N4O. The quantitative estimate of drug-likeness (QED) is 0.800. The summed E-state index contributed by atoms with van der Waals surface area (Å²) < 4.78 is 43.0.